The highest BCUT2D eigenvalue weighted by Gasteiger charge is 2.59. The number of halogens is 2. The maximum Gasteiger partial charge on any atom is 0.263 e. The molecule has 0 saturated heterocycles. The molecule has 1 fully saturated rings. The number of aliphatic carboxylic acids is 1. The van der Waals surface area contributed by atoms with Gasteiger partial charge in [0.05, 0.1) is 18.4 Å². The molecule has 0 bridgehead atoms. The van der Waals surface area contributed by atoms with Gasteiger partial charge in [0.1, 0.15) is 17.2 Å². The van der Waals surface area contributed by atoms with Gasteiger partial charge in [0.15, 0.2) is 5.13 Å². The summed E-state index contributed by atoms with van der Waals surface area (Å²) in [4.78, 5) is 29.4. The average molecular weight is 480 g/mol. The van der Waals surface area contributed by atoms with Gasteiger partial charge in [0.2, 0.25) is 0 Å². The number of hydrogen-bond acceptors (Lipinski definition) is 7. The number of rotatable bonds is 5. The number of nitrogens with zero attached hydrogens (tertiary/aromatic N) is 1. The third-order valence-corrected chi connectivity index (χ3v) is 8.68. The van der Waals surface area contributed by atoms with Crippen molar-refractivity contribution in [2.45, 2.75) is 51.6 Å². The van der Waals surface area contributed by atoms with Crippen LogP contribution in [0.4, 0.5) is 13.9 Å². The SMILES string of the molecule is C[C@]1(CO)[C@H]2Cc3sc(NC(=O)c4c(F)cccc4F)nc3[C@@H](CC(=O)[O-])[C@]2(C)CC[C@H]1O. The Labute approximate surface area is 193 Å². The number of thiazole rings is 1. The number of carbonyl (C=O) groups excluding carboxylic acids is 2. The molecule has 1 amide bonds. The largest absolute Gasteiger partial charge is 0.550 e. The molecular formula is C23H25F2N2O5S-. The van der Waals surface area contributed by atoms with Crippen molar-refractivity contribution in [1.82, 2.24) is 4.98 Å². The number of carbonyl (C=O) groups is 2. The van der Waals surface area contributed by atoms with Gasteiger partial charge in [0.25, 0.3) is 5.91 Å². The highest BCUT2D eigenvalue weighted by atomic mass is 32.1. The molecule has 1 aromatic heterocycles. The van der Waals surface area contributed by atoms with Crippen LogP contribution in [0.2, 0.25) is 0 Å². The summed E-state index contributed by atoms with van der Waals surface area (Å²) in [6.45, 7) is 3.47. The summed E-state index contributed by atoms with van der Waals surface area (Å²) in [6, 6.07) is 3.11. The minimum absolute atomic E-state index is 0.101. The second kappa shape index (κ2) is 8.41. The van der Waals surface area contributed by atoms with Gasteiger partial charge in [0, 0.05) is 22.2 Å². The normalized spacial score (nSPS) is 30.9. The van der Waals surface area contributed by atoms with Crippen molar-refractivity contribution in [3.8, 4) is 0 Å². The van der Waals surface area contributed by atoms with Gasteiger partial charge >= 0.3 is 0 Å². The second-order valence-corrected chi connectivity index (χ2v) is 10.6. The topological polar surface area (TPSA) is 123 Å². The molecule has 2 aromatic rings. The maximum absolute atomic E-state index is 14.0. The van der Waals surface area contributed by atoms with Crippen molar-refractivity contribution in [3.05, 3.63) is 46.0 Å². The molecule has 1 aromatic carbocycles. The number of carboxylic acids is 1. The third kappa shape index (κ3) is 3.83. The van der Waals surface area contributed by atoms with Crippen LogP contribution in [0, 0.1) is 28.4 Å². The number of carboxylic acid groups (broad SMARTS) is 1. The molecule has 1 saturated carbocycles. The Kier molecular flexibility index (Phi) is 6.05. The van der Waals surface area contributed by atoms with E-state index >= 15 is 0 Å². The number of aliphatic hydroxyl groups is 2. The van der Waals surface area contributed by atoms with Crippen molar-refractivity contribution in [3.63, 3.8) is 0 Å². The van der Waals surface area contributed by atoms with E-state index < -0.39 is 51.9 Å². The van der Waals surface area contributed by atoms with E-state index in [1.54, 1.807) is 6.92 Å². The molecular weight excluding hydrogens is 454 g/mol. The highest BCUT2D eigenvalue weighted by Crippen LogP contribution is 2.62. The van der Waals surface area contributed by atoms with Crippen LogP contribution in [0.1, 0.15) is 60.0 Å². The number of aliphatic hydroxyl groups excluding tert-OH is 2. The van der Waals surface area contributed by atoms with E-state index in [0.717, 1.165) is 29.5 Å². The van der Waals surface area contributed by atoms with Crippen molar-refractivity contribution in [1.29, 1.82) is 0 Å². The number of anilines is 1. The predicted octanol–water partition coefficient (Wildman–Crippen LogP) is 2.23. The number of benzene rings is 1. The van der Waals surface area contributed by atoms with Crippen LogP contribution >= 0.6 is 11.3 Å². The molecule has 0 radical (unpaired) electrons. The zero-order chi connectivity index (χ0) is 24.1. The zero-order valence-electron chi connectivity index (χ0n) is 18.2. The lowest BCUT2D eigenvalue weighted by Crippen LogP contribution is -2.57. The van der Waals surface area contributed by atoms with Crippen LogP contribution in [0.25, 0.3) is 0 Å². The van der Waals surface area contributed by atoms with E-state index in [9.17, 15) is 33.7 Å². The van der Waals surface area contributed by atoms with Crippen molar-refractivity contribution >= 4 is 28.3 Å². The van der Waals surface area contributed by atoms with Gasteiger partial charge in [-0.3, -0.25) is 10.1 Å². The average Bonchev–Trinajstić information content (AvgIpc) is 3.14. The van der Waals surface area contributed by atoms with Crippen LogP contribution < -0.4 is 10.4 Å². The lowest BCUT2D eigenvalue weighted by molar-refractivity contribution is -0.307. The van der Waals surface area contributed by atoms with Crippen LogP contribution in [-0.2, 0) is 11.2 Å². The first kappa shape index (κ1) is 23.7. The van der Waals surface area contributed by atoms with Gasteiger partial charge in [-0.15, -0.1) is 11.3 Å². The monoisotopic (exact) mass is 479 g/mol. The fourth-order valence-corrected chi connectivity index (χ4v) is 6.80. The Bertz CT molecular complexity index is 1090. The van der Waals surface area contributed by atoms with Gasteiger partial charge < -0.3 is 20.1 Å². The summed E-state index contributed by atoms with van der Waals surface area (Å²) in [5.41, 5.74) is -1.66. The smallest absolute Gasteiger partial charge is 0.263 e. The molecule has 5 atom stereocenters. The van der Waals surface area contributed by atoms with Crippen LogP contribution in [-0.4, -0.2) is 39.8 Å². The molecule has 0 spiro atoms. The van der Waals surface area contributed by atoms with Crippen molar-refractivity contribution in [2.24, 2.45) is 16.7 Å². The van der Waals surface area contributed by atoms with Crippen LogP contribution in [0.5, 0.6) is 0 Å². The predicted molar refractivity (Wildman–Crippen MR) is 115 cm³/mol. The molecule has 4 rings (SSSR count). The highest BCUT2D eigenvalue weighted by molar-refractivity contribution is 7.15. The first-order valence-electron chi connectivity index (χ1n) is 10.7. The summed E-state index contributed by atoms with van der Waals surface area (Å²) >= 11 is 1.10. The van der Waals surface area contributed by atoms with E-state index in [2.05, 4.69) is 10.3 Å². The van der Waals surface area contributed by atoms with Gasteiger partial charge in [-0.1, -0.05) is 19.9 Å². The Morgan fingerprint density at radius 3 is 2.58 bits per heavy atom. The molecule has 7 nitrogen and oxygen atoms in total. The van der Waals surface area contributed by atoms with Crippen molar-refractivity contribution < 1.29 is 33.7 Å². The van der Waals surface area contributed by atoms with Crippen molar-refractivity contribution in [2.75, 3.05) is 11.9 Å². The molecule has 3 N–H and O–H groups in total. The Morgan fingerprint density at radius 1 is 1.30 bits per heavy atom. The zero-order valence-corrected chi connectivity index (χ0v) is 19.0. The minimum Gasteiger partial charge on any atom is -0.550 e. The van der Waals surface area contributed by atoms with Crippen LogP contribution in [0.15, 0.2) is 18.2 Å². The molecule has 2 aliphatic carbocycles. The molecule has 2 aliphatic rings. The number of hydrogen-bond donors (Lipinski definition) is 3. The maximum atomic E-state index is 14.0. The molecule has 1 heterocycles. The van der Waals surface area contributed by atoms with Gasteiger partial charge in [-0.25, -0.2) is 13.8 Å². The summed E-state index contributed by atoms with van der Waals surface area (Å²) in [6.07, 6.45) is 0.304. The third-order valence-electron chi connectivity index (χ3n) is 7.67. The van der Waals surface area contributed by atoms with Gasteiger partial charge in [-0.2, -0.15) is 0 Å². The van der Waals surface area contributed by atoms with E-state index in [-0.39, 0.29) is 24.1 Å². The fourth-order valence-electron chi connectivity index (χ4n) is 5.74. The molecule has 178 valence electrons. The van der Waals surface area contributed by atoms with Crippen LogP contribution in [0.3, 0.4) is 0 Å². The molecule has 0 aliphatic heterocycles. The number of nitrogens with one attached hydrogen (secondary N) is 1. The van der Waals surface area contributed by atoms with Gasteiger partial charge in [-0.05, 0) is 49.1 Å². The molecule has 33 heavy (non-hydrogen) atoms. The molecule has 0 unspecified atom stereocenters. The lowest BCUT2D eigenvalue weighted by atomic mass is 9.47. The number of fused-ring (bicyclic) bond motifs is 2. The first-order chi connectivity index (χ1) is 15.5. The standard InChI is InChI=1S/C23H26F2N2O5S/c1-22-7-6-16(29)23(2,10-28)15(22)9-14-19(11(22)8-17(30)31)26-21(33-14)27-20(32)18-12(24)4-3-5-13(18)25/h3-5,11,15-16,28-29H,6-10H2,1-2H3,(H,30,31)(H,26,27,32)/p-1/t11-,15+,16-,22+,23+/m1/s1. The summed E-state index contributed by atoms with van der Waals surface area (Å²) < 4.78 is 28.0. The second-order valence-electron chi connectivity index (χ2n) is 9.49. The summed E-state index contributed by atoms with van der Waals surface area (Å²) in [5, 5.41) is 35.0. The number of aromatic nitrogens is 1. The minimum atomic E-state index is -1.25. The number of amides is 1. The Hall–Kier alpha value is -2.43. The lowest BCUT2D eigenvalue weighted by Gasteiger charge is -2.58. The quantitative estimate of drug-likeness (QED) is 0.605. The van der Waals surface area contributed by atoms with E-state index in [1.807, 2.05) is 6.92 Å². The van der Waals surface area contributed by atoms with E-state index in [4.69, 9.17) is 0 Å². The fraction of sp³-hybridized carbons (Fsp3) is 0.522. The van der Waals surface area contributed by atoms with E-state index in [1.165, 1.54) is 0 Å². The molecule has 10 heteroatoms. The first-order valence-corrected chi connectivity index (χ1v) is 11.6. The Morgan fingerprint density at radius 2 is 1.97 bits per heavy atom. The van der Waals surface area contributed by atoms with E-state index in [0.29, 0.717) is 29.8 Å². The Balaban J connectivity index is 1.73. The summed E-state index contributed by atoms with van der Waals surface area (Å²) in [7, 11) is 0. The summed E-state index contributed by atoms with van der Waals surface area (Å²) in [5.74, 6) is -5.07.